The monoisotopic (exact) mass is 355 g/mol. The molecule has 3 aromatic rings. The number of ether oxygens (including phenoxy) is 1. The SMILES string of the molecule is COc1ccc(Cl)cc1C(=O)NCC(O)c1cccc2ccccc12. The van der Waals surface area contributed by atoms with Crippen LogP contribution in [0.5, 0.6) is 5.75 Å². The number of halogens is 1. The van der Waals surface area contributed by atoms with E-state index in [9.17, 15) is 9.90 Å². The molecule has 0 spiro atoms. The highest BCUT2D eigenvalue weighted by Crippen LogP contribution is 2.25. The van der Waals surface area contributed by atoms with Gasteiger partial charge in [-0.2, -0.15) is 0 Å². The van der Waals surface area contributed by atoms with E-state index in [1.54, 1.807) is 18.2 Å². The fraction of sp³-hybridized carbons (Fsp3) is 0.150. The Balaban J connectivity index is 1.77. The lowest BCUT2D eigenvalue weighted by atomic mass is 10.0. The molecule has 0 saturated carbocycles. The van der Waals surface area contributed by atoms with Crippen LogP contribution in [0.15, 0.2) is 60.7 Å². The quantitative estimate of drug-likeness (QED) is 0.728. The third kappa shape index (κ3) is 3.76. The number of fused-ring (bicyclic) bond motifs is 1. The molecule has 0 radical (unpaired) electrons. The lowest BCUT2D eigenvalue weighted by Crippen LogP contribution is -2.28. The molecule has 0 aromatic heterocycles. The number of carbonyl (C=O) groups excluding carboxylic acids is 1. The van der Waals surface area contributed by atoms with Crippen molar-refractivity contribution >= 4 is 28.3 Å². The molecule has 3 aromatic carbocycles. The molecule has 0 fully saturated rings. The summed E-state index contributed by atoms with van der Waals surface area (Å²) >= 11 is 5.96. The minimum absolute atomic E-state index is 0.0858. The van der Waals surface area contributed by atoms with E-state index in [1.807, 2.05) is 42.5 Å². The maximum atomic E-state index is 12.4. The summed E-state index contributed by atoms with van der Waals surface area (Å²) in [6, 6.07) is 18.4. The van der Waals surface area contributed by atoms with Crippen LogP contribution in [0.4, 0.5) is 0 Å². The molecular formula is C20H18ClNO3. The van der Waals surface area contributed by atoms with Gasteiger partial charge in [0.15, 0.2) is 0 Å². The van der Waals surface area contributed by atoms with Gasteiger partial charge in [0.05, 0.1) is 18.8 Å². The predicted octanol–water partition coefficient (Wildman–Crippen LogP) is 3.97. The molecule has 0 aliphatic rings. The topological polar surface area (TPSA) is 58.6 Å². The Hall–Kier alpha value is -2.56. The Morgan fingerprint density at radius 1 is 1.16 bits per heavy atom. The van der Waals surface area contributed by atoms with Crippen LogP contribution in [0, 0.1) is 0 Å². The van der Waals surface area contributed by atoms with Gasteiger partial charge in [-0.3, -0.25) is 4.79 Å². The van der Waals surface area contributed by atoms with Crippen LogP contribution < -0.4 is 10.1 Å². The molecule has 5 heteroatoms. The maximum Gasteiger partial charge on any atom is 0.255 e. The van der Waals surface area contributed by atoms with Crippen molar-refractivity contribution in [3.8, 4) is 5.75 Å². The Kier molecular flexibility index (Phi) is 5.22. The Labute approximate surface area is 151 Å². The summed E-state index contributed by atoms with van der Waals surface area (Å²) in [7, 11) is 1.49. The molecule has 3 rings (SSSR count). The molecule has 0 bridgehead atoms. The van der Waals surface area contributed by atoms with Gasteiger partial charge < -0.3 is 15.2 Å². The van der Waals surface area contributed by atoms with Gasteiger partial charge in [0.1, 0.15) is 5.75 Å². The summed E-state index contributed by atoms with van der Waals surface area (Å²) < 4.78 is 5.19. The van der Waals surface area contributed by atoms with Gasteiger partial charge in [-0.25, -0.2) is 0 Å². The second-order valence-corrected chi connectivity index (χ2v) is 6.08. The molecule has 0 aliphatic heterocycles. The van der Waals surface area contributed by atoms with Crippen molar-refractivity contribution in [1.82, 2.24) is 5.32 Å². The van der Waals surface area contributed by atoms with Gasteiger partial charge >= 0.3 is 0 Å². The van der Waals surface area contributed by atoms with Crippen LogP contribution in [0.25, 0.3) is 10.8 Å². The van der Waals surface area contributed by atoms with Gasteiger partial charge in [0, 0.05) is 11.6 Å². The number of hydrogen-bond acceptors (Lipinski definition) is 3. The summed E-state index contributed by atoms with van der Waals surface area (Å²) in [5.74, 6) is 0.0835. The standard InChI is InChI=1S/C20H18ClNO3/c1-25-19-10-9-14(21)11-17(19)20(24)22-12-18(23)16-8-4-6-13-5-2-3-7-15(13)16/h2-11,18,23H,12H2,1H3,(H,22,24). The number of rotatable bonds is 5. The Morgan fingerprint density at radius 2 is 1.92 bits per heavy atom. The van der Waals surface area contributed by atoms with Crippen LogP contribution in [-0.4, -0.2) is 24.7 Å². The minimum atomic E-state index is -0.819. The summed E-state index contributed by atoms with van der Waals surface area (Å²) in [4.78, 5) is 12.4. The van der Waals surface area contributed by atoms with E-state index in [0.717, 1.165) is 16.3 Å². The van der Waals surface area contributed by atoms with Crippen LogP contribution in [0.1, 0.15) is 22.0 Å². The smallest absolute Gasteiger partial charge is 0.255 e. The normalized spacial score (nSPS) is 12.0. The Morgan fingerprint density at radius 3 is 2.72 bits per heavy atom. The van der Waals surface area contributed by atoms with Crippen molar-refractivity contribution in [2.45, 2.75) is 6.10 Å². The van der Waals surface area contributed by atoms with Crippen molar-refractivity contribution in [2.24, 2.45) is 0 Å². The first-order valence-electron chi connectivity index (χ1n) is 7.87. The molecule has 0 aliphatic carbocycles. The van der Waals surface area contributed by atoms with Crippen LogP contribution >= 0.6 is 11.6 Å². The van der Waals surface area contributed by atoms with Gasteiger partial charge in [-0.05, 0) is 34.5 Å². The Bertz CT molecular complexity index is 905. The maximum absolute atomic E-state index is 12.4. The number of benzene rings is 3. The van der Waals surface area contributed by atoms with E-state index in [-0.39, 0.29) is 12.5 Å². The first-order valence-corrected chi connectivity index (χ1v) is 8.25. The first kappa shape index (κ1) is 17.3. The average Bonchev–Trinajstić information content (AvgIpc) is 2.65. The summed E-state index contributed by atoms with van der Waals surface area (Å²) in [6.45, 7) is 0.0858. The van der Waals surface area contributed by atoms with Crippen LogP contribution in [0.2, 0.25) is 5.02 Å². The summed E-state index contributed by atoms with van der Waals surface area (Å²) in [5, 5.41) is 15.7. The summed E-state index contributed by atoms with van der Waals surface area (Å²) in [5.41, 5.74) is 1.11. The van der Waals surface area contributed by atoms with Crippen molar-refractivity contribution in [3.05, 3.63) is 76.8 Å². The van der Waals surface area contributed by atoms with E-state index >= 15 is 0 Å². The lowest BCUT2D eigenvalue weighted by molar-refractivity contribution is 0.0914. The lowest BCUT2D eigenvalue weighted by Gasteiger charge is -2.15. The molecule has 1 unspecified atom stereocenters. The highest BCUT2D eigenvalue weighted by Gasteiger charge is 2.16. The molecule has 0 heterocycles. The van der Waals surface area contributed by atoms with Crippen molar-refractivity contribution in [3.63, 3.8) is 0 Å². The second-order valence-electron chi connectivity index (χ2n) is 5.64. The van der Waals surface area contributed by atoms with Crippen LogP contribution in [0.3, 0.4) is 0 Å². The van der Waals surface area contributed by atoms with Gasteiger partial charge in [0.2, 0.25) is 0 Å². The third-order valence-electron chi connectivity index (χ3n) is 4.04. The zero-order valence-corrected chi connectivity index (χ0v) is 14.5. The molecule has 4 nitrogen and oxygen atoms in total. The van der Waals surface area contributed by atoms with E-state index in [1.165, 1.54) is 7.11 Å². The summed E-state index contributed by atoms with van der Waals surface area (Å²) in [6.07, 6.45) is -0.819. The zero-order chi connectivity index (χ0) is 17.8. The number of methoxy groups -OCH3 is 1. The first-order chi connectivity index (χ1) is 12.1. The second kappa shape index (κ2) is 7.55. The molecule has 25 heavy (non-hydrogen) atoms. The van der Waals surface area contributed by atoms with Crippen LogP contribution in [-0.2, 0) is 0 Å². The molecule has 1 amide bonds. The molecule has 1 atom stereocenters. The minimum Gasteiger partial charge on any atom is -0.496 e. The number of aliphatic hydroxyl groups is 1. The zero-order valence-electron chi connectivity index (χ0n) is 13.7. The van der Waals surface area contributed by atoms with Crippen molar-refractivity contribution in [2.75, 3.05) is 13.7 Å². The molecule has 0 saturated heterocycles. The number of nitrogens with one attached hydrogen (secondary N) is 1. The fourth-order valence-corrected chi connectivity index (χ4v) is 2.97. The molecular weight excluding hydrogens is 338 g/mol. The predicted molar refractivity (Wildman–Crippen MR) is 99.2 cm³/mol. The number of amides is 1. The van der Waals surface area contributed by atoms with E-state index in [2.05, 4.69) is 5.32 Å². The largest absolute Gasteiger partial charge is 0.496 e. The third-order valence-corrected chi connectivity index (χ3v) is 4.28. The number of carbonyl (C=O) groups is 1. The van der Waals surface area contributed by atoms with Crippen molar-refractivity contribution < 1.29 is 14.6 Å². The van der Waals surface area contributed by atoms with Crippen molar-refractivity contribution in [1.29, 1.82) is 0 Å². The van der Waals surface area contributed by atoms with E-state index in [4.69, 9.17) is 16.3 Å². The highest BCUT2D eigenvalue weighted by atomic mass is 35.5. The van der Waals surface area contributed by atoms with Gasteiger partial charge in [-0.15, -0.1) is 0 Å². The van der Waals surface area contributed by atoms with Gasteiger partial charge in [-0.1, -0.05) is 54.1 Å². The number of hydrogen-bond donors (Lipinski definition) is 2. The van der Waals surface area contributed by atoms with Gasteiger partial charge in [0.25, 0.3) is 5.91 Å². The fourth-order valence-electron chi connectivity index (χ4n) is 2.79. The van der Waals surface area contributed by atoms with E-state index < -0.39 is 6.10 Å². The van der Waals surface area contributed by atoms with E-state index in [0.29, 0.717) is 16.3 Å². The number of aliphatic hydroxyl groups excluding tert-OH is 1. The molecule has 2 N–H and O–H groups in total. The molecule has 128 valence electrons. The average molecular weight is 356 g/mol. The highest BCUT2D eigenvalue weighted by molar-refractivity contribution is 6.31.